The number of carbonyl (C=O) groups is 3. The van der Waals surface area contributed by atoms with Crippen molar-refractivity contribution in [2.24, 2.45) is 23.7 Å². The summed E-state index contributed by atoms with van der Waals surface area (Å²) in [6.45, 7) is 25.8. The van der Waals surface area contributed by atoms with E-state index in [0.717, 1.165) is 76.2 Å². The Morgan fingerprint density at radius 3 is 2.30 bits per heavy atom. The Morgan fingerprint density at radius 2 is 1.63 bits per heavy atom. The van der Waals surface area contributed by atoms with E-state index in [-0.39, 0.29) is 65.9 Å². The maximum atomic E-state index is 13.7. The van der Waals surface area contributed by atoms with E-state index in [1.807, 2.05) is 27.7 Å². The van der Waals surface area contributed by atoms with Gasteiger partial charge in [-0.05, 0) is 126 Å². The first-order chi connectivity index (χ1) is 26.6. The largest absolute Gasteiger partial charge is 0.411 e. The van der Waals surface area contributed by atoms with Crippen LogP contribution in [0, 0.1) is 23.7 Å². The summed E-state index contributed by atoms with van der Waals surface area (Å²) >= 11 is 0. The molecule has 2 amide bonds. The molecule has 3 N–H and O–H groups in total. The van der Waals surface area contributed by atoms with E-state index in [2.05, 4.69) is 71.3 Å². The fourth-order valence-electron chi connectivity index (χ4n) is 8.19. The topological polar surface area (TPSA) is 132 Å². The van der Waals surface area contributed by atoms with Crippen LogP contribution in [0.1, 0.15) is 153 Å². The third-order valence-electron chi connectivity index (χ3n) is 13.4. The van der Waals surface area contributed by atoms with E-state index in [1.165, 1.54) is 0 Å². The van der Waals surface area contributed by atoms with Crippen LogP contribution in [0.4, 0.5) is 0 Å². The molecule has 3 fully saturated rings. The molecule has 3 aliphatic rings. The number of aliphatic hydroxyl groups excluding tert-OH is 1. The Kier molecular flexibility index (Phi) is 19.6. The van der Waals surface area contributed by atoms with E-state index >= 15 is 0 Å². The standard InChI is InChI=1S/C46H82N2O8Si/c1-13-16-37(50)28-39-22-20-32(3)41(53-39)29-43(51)48-30-42(56-57(11,12)45(8,9)10)35(6)44(52)47-26-15-18-40-33(4)23-25-46(55-40)24-14-17-38(54-46)21-19-31(2)27-34(5)36(7)49/h13,16,27,31-33,35-36,38-42,49H,14-15,17-26,28-30H2,1-12H3,(H,47,52)(H,48,51)/b16-13+,34-27+/t31-,32-,33-,35+,36-,38-,39+,40+,41-,42-,46-/m0/s1. The summed E-state index contributed by atoms with van der Waals surface area (Å²) in [5, 5.41) is 16.1. The van der Waals surface area contributed by atoms with Crippen LogP contribution < -0.4 is 10.6 Å². The summed E-state index contributed by atoms with van der Waals surface area (Å²) in [5.41, 5.74) is 1.02. The fraction of sp³-hybridized carbons (Fsp3) is 0.848. The minimum atomic E-state index is -2.28. The minimum Gasteiger partial charge on any atom is -0.411 e. The van der Waals surface area contributed by atoms with Gasteiger partial charge in [0, 0.05) is 32.4 Å². The monoisotopic (exact) mass is 819 g/mol. The molecule has 0 aromatic rings. The summed E-state index contributed by atoms with van der Waals surface area (Å²) < 4.78 is 26.6. The molecule has 0 unspecified atom stereocenters. The van der Waals surface area contributed by atoms with E-state index in [0.29, 0.717) is 24.8 Å². The zero-order valence-electron chi connectivity index (χ0n) is 37.9. The molecular weight excluding hydrogens is 737 g/mol. The number of aliphatic hydroxyl groups is 1. The lowest BCUT2D eigenvalue weighted by atomic mass is 9.85. The number of carbonyl (C=O) groups excluding carboxylic acids is 3. The van der Waals surface area contributed by atoms with Crippen molar-refractivity contribution in [3.63, 3.8) is 0 Å². The molecule has 0 saturated carbocycles. The van der Waals surface area contributed by atoms with E-state index in [4.69, 9.17) is 18.6 Å². The Labute approximate surface area is 347 Å². The molecule has 3 saturated heterocycles. The molecule has 0 aromatic carbocycles. The van der Waals surface area contributed by atoms with E-state index in [9.17, 15) is 19.5 Å². The van der Waals surface area contributed by atoms with Gasteiger partial charge in [-0.15, -0.1) is 0 Å². The molecule has 0 bridgehead atoms. The lowest BCUT2D eigenvalue weighted by Crippen LogP contribution is -2.52. The van der Waals surface area contributed by atoms with Gasteiger partial charge in [0.1, 0.15) is 0 Å². The zero-order chi connectivity index (χ0) is 42.6. The normalized spacial score (nSPS) is 29.8. The second-order valence-corrected chi connectivity index (χ2v) is 24.3. The molecule has 3 rings (SSSR count). The van der Waals surface area contributed by atoms with Crippen LogP contribution in [0.2, 0.25) is 18.1 Å². The highest BCUT2D eigenvalue weighted by Gasteiger charge is 2.45. The van der Waals surface area contributed by atoms with Gasteiger partial charge in [0.2, 0.25) is 11.8 Å². The number of rotatable bonds is 20. The van der Waals surface area contributed by atoms with Crippen molar-refractivity contribution in [3.05, 3.63) is 23.8 Å². The zero-order valence-corrected chi connectivity index (χ0v) is 38.9. The predicted molar refractivity (Wildman–Crippen MR) is 231 cm³/mol. The number of allylic oxidation sites excluding steroid dienone is 3. The first-order valence-corrected chi connectivity index (χ1v) is 25.3. The van der Waals surface area contributed by atoms with Gasteiger partial charge in [-0.1, -0.05) is 60.6 Å². The van der Waals surface area contributed by atoms with Crippen molar-refractivity contribution in [1.82, 2.24) is 10.6 Å². The van der Waals surface area contributed by atoms with Crippen molar-refractivity contribution in [1.29, 1.82) is 0 Å². The van der Waals surface area contributed by atoms with Crippen LogP contribution in [0.15, 0.2) is 23.8 Å². The molecule has 11 atom stereocenters. The Morgan fingerprint density at radius 1 is 0.930 bits per heavy atom. The second kappa shape index (κ2) is 22.6. The minimum absolute atomic E-state index is 0.0432. The van der Waals surface area contributed by atoms with Gasteiger partial charge in [-0.2, -0.15) is 0 Å². The van der Waals surface area contributed by atoms with Crippen molar-refractivity contribution in [3.8, 4) is 0 Å². The van der Waals surface area contributed by atoms with Crippen LogP contribution in [0.25, 0.3) is 0 Å². The van der Waals surface area contributed by atoms with Crippen molar-refractivity contribution in [2.75, 3.05) is 13.1 Å². The summed E-state index contributed by atoms with van der Waals surface area (Å²) in [6.07, 6.45) is 15.4. The molecule has 3 aliphatic heterocycles. The van der Waals surface area contributed by atoms with Crippen LogP contribution >= 0.6 is 0 Å². The van der Waals surface area contributed by atoms with Gasteiger partial charge in [-0.25, -0.2) is 0 Å². The average molecular weight is 819 g/mol. The van der Waals surface area contributed by atoms with Crippen molar-refractivity contribution >= 4 is 25.9 Å². The first kappa shape index (κ1) is 49.5. The van der Waals surface area contributed by atoms with Crippen molar-refractivity contribution < 1.29 is 38.1 Å². The number of hydrogen-bond donors (Lipinski definition) is 3. The van der Waals surface area contributed by atoms with Crippen molar-refractivity contribution in [2.45, 2.75) is 213 Å². The quantitative estimate of drug-likeness (QED) is 0.0481. The summed E-state index contributed by atoms with van der Waals surface area (Å²) in [6, 6.07) is 0. The van der Waals surface area contributed by atoms with E-state index < -0.39 is 32.2 Å². The molecule has 1 spiro atoms. The second-order valence-electron chi connectivity index (χ2n) is 19.5. The summed E-state index contributed by atoms with van der Waals surface area (Å²) in [5.74, 6) is -0.138. The molecule has 11 heteroatoms. The third kappa shape index (κ3) is 15.9. The highest BCUT2D eigenvalue weighted by atomic mass is 28.4. The number of hydrogen-bond acceptors (Lipinski definition) is 8. The lowest BCUT2D eigenvalue weighted by Gasteiger charge is -2.48. The van der Waals surface area contributed by atoms with Gasteiger partial charge in [0.15, 0.2) is 19.9 Å². The van der Waals surface area contributed by atoms with Crippen LogP contribution in [0.3, 0.4) is 0 Å². The predicted octanol–water partition coefficient (Wildman–Crippen LogP) is 8.96. The van der Waals surface area contributed by atoms with Crippen LogP contribution in [-0.4, -0.2) is 86.5 Å². The smallest absolute Gasteiger partial charge is 0.225 e. The number of ether oxygens (including phenoxy) is 3. The molecule has 328 valence electrons. The third-order valence-corrected chi connectivity index (χ3v) is 17.9. The van der Waals surface area contributed by atoms with Gasteiger partial charge in [-0.3, -0.25) is 14.4 Å². The van der Waals surface area contributed by atoms with Crippen LogP contribution in [-0.2, 0) is 33.0 Å². The molecule has 0 aliphatic carbocycles. The molecule has 10 nitrogen and oxygen atoms in total. The van der Waals surface area contributed by atoms with Crippen LogP contribution in [0.5, 0.6) is 0 Å². The molecule has 0 aromatic heterocycles. The summed E-state index contributed by atoms with van der Waals surface area (Å²) in [4.78, 5) is 39.2. The maximum absolute atomic E-state index is 13.7. The molecule has 3 heterocycles. The fourth-order valence-corrected chi connectivity index (χ4v) is 9.59. The molecule has 0 radical (unpaired) electrons. The molecule has 57 heavy (non-hydrogen) atoms. The Balaban J connectivity index is 1.53. The number of ketones is 1. The number of nitrogens with one attached hydrogen (secondary N) is 2. The highest BCUT2D eigenvalue weighted by molar-refractivity contribution is 6.74. The lowest BCUT2D eigenvalue weighted by molar-refractivity contribution is -0.324. The average Bonchev–Trinajstić information content (AvgIpc) is 3.13. The van der Waals surface area contributed by atoms with Gasteiger partial charge >= 0.3 is 0 Å². The highest BCUT2D eigenvalue weighted by Crippen LogP contribution is 2.43. The Bertz CT molecular complexity index is 1340. The van der Waals surface area contributed by atoms with Gasteiger partial charge < -0.3 is 34.4 Å². The number of amides is 2. The Hall–Kier alpha value is -1.89. The van der Waals surface area contributed by atoms with Gasteiger partial charge in [0.25, 0.3) is 0 Å². The first-order valence-electron chi connectivity index (χ1n) is 22.4. The summed E-state index contributed by atoms with van der Waals surface area (Å²) in [7, 11) is -2.28. The SMILES string of the molecule is C/C=C/C(=O)C[C@H]1CC[C@H](C)[C@H](CC(=O)NC[C@H](O[Si](C)(C)C(C)(C)C)[C@@H](C)C(=O)NCCC[C@H]2O[C@@]3(CCC[C@@H](CC[C@H](C)/C=C(\C)[C@H](C)O)O3)CC[C@@H]2C)O1. The van der Waals surface area contributed by atoms with Gasteiger partial charge in [0.05, 0.1) is 49.0 Å². The van der Waals surface area contributed by atoms with E-state index in [1.54, 1.807) is 12.2 Å². The molecular formula is C46H82N2O8Si. The maximum Gasteiger partial charge on any atom is 0.225 e.